The Morgan fingerprint density at radius 2 is 1.78 bits per heavy atom. The van der Waals surface area contributed by atoms with Gasteiger partial charge in [-0.3, -0.25) is 9.59 Å². The normalized spacial score (nSPS) is 16.1. The maximum absolute atomic E-state index is 12.8. The number of carboxylic acid groups (broad SMARTS) is 1. The summed E-state index contributed by atoms with van der Waals surface area (Å²) in [7, 11) is 0. The summed E-state index contributed by atoms with van der Waals surface area (Å²) in [6, 6.07) is 13.5. The summed E-state index contributed by atoms with van der Waals surface area (Å²) >= 11 is 0. The molecular formula is C20H17N3O4. The predicted molar refractivity (Wildman–Crippen MR) is 98.1 cm³/mol. The minimum atomic E-state index is -1.06. The first kappa shape index (κ1) is 17.0. The Bertz CT molecular complexity index is 1110. The molecule has 2 heterocycles. The lowest BCUT2D eigenvalue weighted by molar-refractivity contribution is -0.151. The molecule has 1 atom stereocenters. The average Bonchev–Trinajstić information content (AvgIpc) is 2.69. The van der Waals surface area contributed by atoms with Gasteiger partial charge >= 0.3 is 5.97 Å². The van der Waals surface area contributed by atoms with Crippen LogP contribution in [0.3, 0.4) is 0 Å². The Hall–Kier alpha value is -3.48. The van der Waals surface area contributed by atoms with Crippen molar-refractivity contribution >= 4 is 22.6 Å². The number of rotatable bonds is 3. The molecule has 1 amide bonds. The molecule has 7 heteroatoms. The van der Waals surface area contributed by atoms with Crippen LogP contribution in [-0.4, -0.2) is 37.7 Å². The Balaban J connectivity index is 1.65. The Kier molecular flexibility index (Phi) is 4.19. The molecule has 1 N–H and O–H groups in total. The van der Waals surface area contributed by atoms with E-state index in [2.05, 4.69) is 5.10 Å². The molecule has 7 nitrogen and oxygen atoms in total. The summed E-state index contributed by atoms with van der Waals surface area (Å²) in [5.74, 6) is -1.50. The van der Waals surface area contributed by atoms with Crippen molar-refractivity contribution in [3.8, 4) is 0 Å². The Morgan fingerprint density at radius 3 is 2.56 bits per heavy atom. The van der Waals surface area contributed by atoms with E-state index >= 15 is 0 Å². The standard InChI is InChI=1S/C20H17N3O4/c24-18(12-23-19(25)16-8-4-3-6-14(16)10-21-23)22-11-15-7-2-1-5-13(15)9-17(22)20(26)27/h1-8,10,17H,9,11-12H2,(H,26,27). The van der Waals surface area contributed by atoms with Crippen LogP contribution in [0, 0.1) is 0 Å². The van der Waals surface area contributed by atoms with Gasteiger partial charge in [0.05, 0.1) is 11.6 Å². The van der Waals surface area contributed by atoms with E-state index < -0.39 is 17.9 Å². The molecule has 1 aliphatic heterocycles. The van der Waals surface area contributed by atoms with Crippen molar-refractivity contribution in [1.82, 2.24) is 14.7 Å². The van der Waals surface area contributed by atoms with E-state index in [0.29, 0.717) is 10.8 Å². The van der Waals surface area contributed by atoms with Crippen molar-refractivity contribution in [2.24, 2.45) is 0 Å². The number of benzene rings is 2. The van der Waals surface area contributed by atoms with E-state index in [1.807, 2.05) is 30.3 Å². The topological polar surface area (TPSA) is 92.5 Å². The van der Waals surface area contributed by atoms with Crippen molar-refractivity contribution in [2.45, 2.75) is 25.6 Å². The number of hydrogen-bond acceptors (Lipinski definition) is 4. The molecule has 136 valence electrons. The van der Waals surface area contributed by atoms with E-state index in [1.165, 1.54) is 11.1 Å². The summed E-state index contributed by atoms with van der Waals surface area (Å²) in [6.45, 7) is -0.0933. The number of carboxylic acids is 1. The molecule has 0 saturated carbocycles. The maximum Gasteiger partial charge on any atom is 0.326 e. The summed E-state index contributed by atoms with van der Waals surface area (Å²) in [5, 5.41) is 14.8. The highest BCUT2D eigenvalue weighted by atomic mass is 16.4. The minimum absolute atomic E-state index is 0.203. The van der Waals surface area contributed by atoms with E-state index in [9.17, 15) is 19.5 Å². The van der Waals surface area contributed by atoms with Gasteiger partial charge in [0.1, 0.15) is 12.6 Å². The number of aromatic nitrogens is 2. The molecule has 0 radical (unpaired) electrons. The first-order valence-corrected chi connectivity index (χ1v) is 8.58. The second-order valence-electron chi connectivity index (χ2n) is 6.54. The molecule has 1 aromatic heterocycles. The monoisotopic (exact) mass is 363 g/mol. The second kappa shape index (κ2) is 6.68. The van der Waals surface area contributed by atoms with E-state index in [-0.39, 0.29) is 25.1 Å². The van der Waals surface area contributed by atoms with Gasteiger partial charge in [-0.15, -0.1) is 0 Å². The van der Waals surface area contributed by atoms with Gasteiger partial charge < -0.3 is 10.0 Å². The molecule has 0 fully saturated rings. The third-order valence-electron chi connectivity index (χ3n) is 4.90. The molecule has 2 aromatic carbocycles. The van der Waals surface area contributed by atoms with Gasteiger partial charge in [-0.05, 0) is 17.2 Å². The van der Waals surface area contributed by atoms with Crippen molar-refractivity contribution in [1.29, 1.82) is 0 Å². The molecule has 0 saturated heterocycles. The van der Waals surface area contributed by atoms with Crippen LogP contribution in [0.25, 0.3) is 10.8 Å². The number of aliphatic carboxylic acids is 1. The lowest BCUT2D eigenvalue weighted by atomic mass is 9.94. The zero-order valence-electron chi connectivity index (χ0n) is 14.4. The number of carbonyl (C=O) groups excluding carboxylic acids is 1. The van der Waals surface area contributed by atoms with Crippen LogP contribution in [0.2, 0.25) is 0 Å². The highest BCUT2D eigenvalue weighted by Crippen LogP contribution is 2.23. The number of fused-ring (bicyclic) bond motifs is 2. The molecule has 0 spiro atoms. The van der Waals surface area contributed by atoms with Gasteiger partial charge in [-0.25, -0.2) is 9.48 Å². The van der Waals surface area contributed by atoms with Crippen LogP contribution >= 0.6 is 0 Å². The molecule has 0 aliphatic carbocycles. The fourth-order valence-corrected chi connectivity index (χ4v) is 3.46. The molecule has 3 aromatic rings. The predicted octanol–water partition coefficient (Wildman–Crippen LogP) is 1.43. The molecule has 0 bridgehead atoms. The molecule has 1 unspecified atom stereocenters. The highest BCUT2D eigenvalue weighted by Gasteiger charge is 2.34. The SMILES string of the molecule is O=C(O)C1Cc2ccccc2CN1C(=O)Cn1ncc2ccccc2c1=O. The summed E-state index contributed by atoms with van der Waals surface area (Å²) < 4.78 is 1.09. The van der Waals surface area contributed by atoms with E-state index in [0.717, 1.165) is 15.8 Å². The summed E-state index contributed by atoms with van der Waals surface area (Å²) in [4.78, 5) is 38.4. The van der Waals surface area contributed by atoms with Gasteiger partial charge in [0.15, 0.2) is 0 Å². The average molecular weight is 363 g/mol. The lowest BCUT2D eigenvalue weighted by Crippen LogP contribution is -2.50. The Morgan fingerprint density at radius 1 is 1.07 bits per heavy atom. The van der Waals surface area contributed by atoms with E-state index in [4.69, 9.17) is 0 Å². The largest absolute Gasteiger partial charge is 0.480 e. The number of nitrogens with zero attached hydrogens (tertiary/aromatic N) is 3. The smallest absolute Gasteiger partial charge is 0.326 e. The van der Waals surface area contributed by atoms with Gasteiger partial charge in [0.2, 0.25) is 5.91 Å². The number of carbonyl (C=O) groups is 2. The van der Waals surface area contributed by atoms with Crippen molar-refractivity contribution < 1.29 is 14.7 Å². The third-order valence-corrected chi connectivity index (χ3v) is 4.90. The third kappa shape index (κ3) is 3.08. The van der Waals surface area contributed by atoms with Crippen LogP contribution in [0.4, 0.5) is 0 Å². The van der Waals surface area contributed by atoms with Gasteiger partial charge in [0, 0.05) is 18.4 Å². The van der Waals surface area contributed by atoms with Crippen LogP contribution in [0.5, 0.6) is 0 Å². The highest BCUT2D eigenvalue weighted by molar-refractivity contribution is 5.85. The summed E-state index contributed by atoms with van der Waals surface area (Å²) in [5.41, 5.74) is 1.47. The quantitative estimate of drug-likeness (QED) is 0.760. The fraction of sp³-hybridized carbons (Fsp3) is 0.200. The zero-order chi connectivity index (χ0) is 19.0. The van der Waals surface area contributed by atoms with Gasteiger partial charge in [-0.1, -0.05) is 42.5 Å². The number of amides is 1. The maximum atomic E-state index is 12.8. The van der Waals surface area contributed by atoms with Crippen LogP contribution in [-0.2, 0) is 29.1 Å². The first-order chi connectivity index (χ1) is 13.0. The van der Waals surface area contributed by atoms with Crippen molar-refractivity contribution in [3.05, 3.63) is 76.2 Å². The molecule has 4 rings (SSSR count). The van der Waals surface area contributed by atoms with Crippen molar-refractivity contribution in [2.75, 3.05) is 0 Å². The molecule has 27 heavy (non-hydrogen) atoms. The molecule has 1 aliphatic rings. The van der Waals surface area contributed by atoms with Crippen molar-refractivity contribution in [3.63, 3.8) is 0 Å². The number of hydrogen-bond donors (Lipinski definition) is 1. The minimum Gasteiger partial charge on any atom is -0.480 e. The van der Waals surface area contributed by atoms with Crippen LogP contribution < -0.4 is 5.56 Å². The first-order valence-electron chi connectivity index (χ1n) is 8.58. The van der Waals surface area contributed by atoms with E-state index in [1.54, 1.807) is 18.2 Å². The van der Waals surface area contributed by atoms with Gasteiger partial charge in [0.25, 0.3) is 5.56 Å². The lowest BCUT2D eigenvalue weighted by Gasteiger charge is -2.34. The van der Waals surface area contributed by atoms with Gasteiger partial charge in [-0.2, -0.15) is 5.10 Å². The second-order valence-corrected chi connectivity index (χ2v) is 6.54. The summed E-state index contributed by atoms with van der Waals surface area (Å²) in [6.07, 6.45) is 1.78. The van der Waals surface area contributed by atoms with Crippen LogP contribution in [0.15, 0.2) is 59.5 Å². The molecular weight excluding hydrogens is 346 g/mol. The Labute approximate surface area is 154 Å². The van der Waals surface area contributed by atoms with Crippen LogP contribution in [0.1, 0.15) is 11.1 Å². The fourth-order valence-electron chi connectivity index (χ4n) is 3.46. The zero-order valence-corrected chi connectivity index (χ0v) is 14.4.